The molecule has 0 atom stereocenters. The first-order chi connectivity index (χ1) is 2.56. The molecule has 0 saturated heterocycles. The second-order valence-electron chi connectivity index (χ2n) is 0.665. The molecule has 0 amide bonds. The molecule has 0 aromatic heterocycles. The summed E-state index contributed by atoms with van der Waals surface area (Å²) in [6.45, 7) is 0. The van der Waals surface area contributed by atoms with Crippen molar-refractivity contribution in [2.75, 3.05) is 0 Å². The van der Waals surface area contributed by atoms with E-state index in [4.69, 9.17) is 19.6 Å². The van der Waals surface area contributed by atoms with Gasteiger partial charge in [-0.25, -0.2) is 0 Å². The normalized spacial score (nSPS) is 10.3. The molecule has 42 valence electrons. The summed E-state index contributed by atoms with van der Waals surface area (Å²) in [6.07, 6.45) is 0. The van der Waals surface area contributed by atoms with E-state index in [1.165, 1.54) is 0 Å². The number of hydrogen-bond donors (Lipinski definition) is 4. The fraction of sp³-hybridized carbons (Fsp3) is 0. The molecule has 0 radical (unpaired) electrons. The number of hydrogen-bond acceptors (Lipinski definition) is 5. The first kappa shape index (κ1) is 11.1. The third-order valence-corrected chi connectivity index (χ3v) is 0.367. The van der Waals surface area contributed by atoms with Crippen molar-refractivity contribution in [1.82, 2.24) is 0 Å². The molecule has 0 rings (SSSR count). The van der Waals surface area contributed by atoms with Crippen LogP contribution in [0, 0.1) is 0 Å². The summed E-state index contributed by atoms with van der Waals surface area (Å²) >= 11 is 0. The molecule has 0 bridgehead atoms. The third kappa shape index (κ3) is 11.1. The molecule has 0 aliphatic carbocycles. The van der Waals surface area contributed by atoms with Gasteiger partial charge in [0.1, 0.15) is 0 Å². The zero-order valence-corrected chi connectivity index (χ0v) is 3.70. The Balaban J connectivity index is 0. The van der Waals surface area contributed by atoms with E-state index in [2.05, 4.69) is 4.58 Å². The molecule has 7 heavy (non-hydrogen) atoms. The topological polar surface area (TPSA) is 90.2 Å². The van der Waals surface area contributed by atoms with Gasteiger partial charge in [-0.05, 0) is 0 Å². The van der Waals surface area contributed by atoms with Crippen molar-refractivity contribution in [1.29, 1.82) is 0 Å². The molecular weight excluding hydrogens is 148 g/mol. The van der Waals surface area contributed by atoms with E-state index >= 15 is 0 Å². The SMILES string of the molecule is OO[Si](O)(O)O.[CaH2]. The summed E-state index contributed by atoms with van der Waals surface area (Å²) in [5.74, 6) is 0. The van der Waals surface area contributed by atoms with Crippen LogP contribution in [0.15, 0.2) is 0 Å². The molecule has 0 heterocycles. The van der Waals surface area contributed by atoms with Crippen LogP contribution >= 0.6 is 0 Å². The summed E-state index contributed by atoms with van der Waals surface area (Å²) in [5, 5.41) is 7.21. The van der Waals surface area contributed by atoms with Crippen molar-refractivity contribution in [3.8, 4) is 0 Å². The maximum atomic E-state index is 7.60. The summed E-state index contributed by atoms with van der Waals surface area (Å²) in [7, 11) is -4.58. The maximum absolute atomic E-state index is 7.60. The van der Waals surface area contributed by atoms with E-state index in [0.29, 0.717) is 0 Å². The van der Waals surface area contributed by atoms with Gasteiger partial charge in [-0.2, -0.15) is 4.58 Å². The minimum atomic E-state index is -4.58. The van der Waals surface area contributed by atoms with Gasteiger partial charge in [0, 0.05) is 0 Å². The van der Waals surface area contributed by atoms with E-state index in [1.54, 1.807) is 0 Å². The van der Waals surface area contributed by atoms with Crippen molar-refractivity contribution >= 4 is 46.8 Å². The Kier molecular flexibility index (Phi) is 6.65. The summed E-state index contributed by atoms with van der Waals surface area (Å²) in [5.41, 5.74) is 0. The van der Waals surface area contributed by atoms with Gasteiger partial charge in [0.2, 0.25) is 0 Å². The van der Waals surface area contributed by atoms with E-state index in [-0.39, 0.29) is 37.7 Å². The molecule has 0 aliphatic heterocycles. The van der Waals surface area contributed by atoms with E-state index in [1.807, 2.05) is 0 Å². The molecule has 0 unspecified atom stereocenters. The van der Waals surface area contributed by atoms with Gasteiger partial charge < -0.3 is 14.4 Å². The second-order valence-corrected chi connectivity index (χ2v) is 2.00. The molecule has 0 fully saturated rings. The molecule has 4 N–H and O–H groups in total. The van der Waals surface area contributed by atoms with Crippen molar-refractivity contribution in [3.63, 3.8) is 0 Å². The molecule has 0 saturated carbocycles. The van der Waals surface area contributed by atoms with Crippen LogP contribution in [0.5, 0.6) is 0 Å². The molecule has 7 heteroatoms. The standard InChI is InChI=1S/Ca.H4O5Si.2H/c;1-5-6(2,3)4;;/h;1-4H;;. The van der Waals surface area contributed by atoms with Crippen molar-refractivity contribution < 1.29 is 24.2 Å². The van der Waals surface area contributed by atoms with Crippen molar-refractivity contribution in [2.45, 2.75) is 0 Å². The van der Waals surface area contributed by atoms with Crippen LogP contribution in [0.25, 0.3) is 0 Å². The van der Waals surface area contributed by atoms with E-state index < -0.39 is 9.05 Å². The second kappa shape index (κ2) is 4.18. The summed E-state index contributed by atoms with van der Waals surface area (Å²) in [4.78, 5) is 22.8. The van der Waals surface area contributed by atoms with Gasteiger partial charge in [-0.3, -0.25) is 5.26 Å². The monoisotopic (exact) mass is 154 g/mol. The van der Waals surface area contributed by atoms with Crippen LogP contribution in [0.1, 0.15) is 0 Å². The first-order valence-corrected chi connectivity index (χ1v) is 2.81. The van der Waals surface area contributed by atoms with Gasteiger partial charge in [-0.15, -0.1) is 0 Å². The van der Waals surface area contributed by atoms with Gasteiger partial charge in [0.15, 0.2) is 0 Å². The molecule has 5 nitrogen and oxygen atoms in total. The predicted molar refractivity (Wildman–Crippen MR) is 24.7 cm³/mol. The van der Waals surface area contributed by atoms with Gasteiger partial charge >= 0.3 is 46.8 Å². The quantitative estimate of drug-likeness (QED) is 0.183. The Morgan fingerprint density at radius 1 is 1.14 bits per heavy atom. The van der Waals surface area contributed by atoms with Gasteiger partial charge in [0.25, 0.3) is 0 Å². The Bertz CT molecular complexity index is 37.8. The van der Waals surface area contributed by atoms with E-state index in [9.17, 15) is 0 Å². The molecule has 0 aliphatic rings. The molecule has 0 aromatic carbocycles. The first-order valence-electron chi connectivity index (χ1n) is 1.06. The van der Waals surface area contributed by atoms with Crippen LogP contribution in [0.4, 0.5) is 0 Å². The minimum absolute atomic E-state index is 0. The van der Waals surface area contributed by atoms with Crippen LogP contribution in [0.2, 0.25) is 0 Å². The zero-order valence-electron chi connectivity index (χ0n) is 2.70. The fourth-order valence-electron chi connectivity index (χ4n) is 0. The Morgan fingerprint density at radius 2 is 1.29 bits per heavy atom. The Hall–Kier alpha value is 1.28. The molecular formula is H6CaO5Si. The summed E-state index contributed by atoms with van der Waals surface area (Å²) in [6, 6.07) is 0. The average molecular weight is 154 g/mol. The Labute approximate surface area is 70.6 Å². The number of rotatable bonds is 1. The van der Waals surface area contributed by atoms with Crippen LogP contribution < -0.4 is 0 Å². The average Bonchev–Trinajstić information content (AvgIpc) is 1.35. The van der Waals surface area contributed by atoms with Crippen LogP contribution in [-0.2, 0) is 4.58 Å². The van der Waals surface area contributed by atoms with Gasteiger partial charge in [0.05, 0.1) is 0 Å². The van der Waals surface area contributed by atoms with Crippen LogP contribution in [0.3, 0.4) is 0 Å². The fourth-order valence-corrected chi connectivity index (χ4v) is 0. The zero-order chi connectivity index (χ0) is 5.21. The summed E-state index contributed by atoms with van der Waals surface area (Å²) < 4.78 is 2.74. The predicted octanol–water partition coefficient (Wildman–Crippen LogP) is -3.03. The Morgan fingerprint density at radius 3 is 1.29 bits per heavy atom. The molecule has 0 aromatic rings. The van der Waals surface area contributed by atoms with Gasteiger partial charge in [-0.1, -0.05) is 0 Å². The van der Waals surface area contributed by atoms with Crippen molar-refractivity contribution in [3.05, 3.63) is 0 Å². The molecule has 0 spiro atoms. The van der Waals surface area contributed by atoms with Crippen LogP contribution in [-0.4, -0.2) is 66.4 Å². The van der Waals surface area contributed by atoms with Crippen molar-refractivity contribution in [2.24, 2.45) is 0 Å². The third-order valence-electron chi connectivity index (χ3n) is 0.122. The van der Waals surface area contributed by atoms with E-state index in [0.717, 1.165) is 0 Å².